The molecule has 0 spiro atoms. The van der Waals surface area contributed by atoms with Gasteiger partial charge in [-0.15, -0.1) is 12.4 Å². The highest BCUT2D eigenvalue weighted by Crippen LogP contribution is 2.31. The fraction of sp³-hybridized carbons (Fsp3) is 0.455. The van der Waals surface area contributed by atoms with Gasteiger partial charge in [-0.25, -0.2) is 0 Å². The number of nitrogens with two attached hydrogens (primary N) is 1. The van der Waals surface area contributed by atoms with Crippen LogP contribution < -0.4 is 5.73 Å². The first-order chi connectivity index (χ1) is 7.71. The number of alkyl halides is 3. The zero-order chi connectivity index (χ0) is 13.2. The molecule has 0 radical (unpaired) electrons. The molecule has 0 unspecified atom stereocenters. The van der Waals surface area contributed by atoms with Crippen molar-refractivity contribution < 1.29 is 23.4 Å². The molecular formula is C11H15ClF3NO2. The molecule has 0 fully saturated rings. The van der Waals surface area contributed by atoms with E-state index in [1.54, 1.807) is 13.0 Å². The van der Waals surface area contributed by atoms with Gasteiger partial charge in [0.15, 0.2) is 0 Å². The zero-order valence-corrected chi connectivity index (χ0v) is 10.4. The second kappa shape index (κ2) is 6.26. The lowest BCUT2D eigenvalue weighted by molar-refractivity contribution is -0.153. The van der Waals surface area contributed by atoms with E-state index in [9.17, 15) is 23.4 Å². The smallest absolute Gasteiger partial charge is 0.403 e. The van der Waals surface area contributed by atoms with E-state index in [-0.39, 0.29) is 23.7 Å². The standard InChI is InChI=1S/C11H14F3NO2.ClH/c1-6-2-3-8(16)7(4-6)9(17)5-10(15)11(12,13)14;/h2-4,9-10,16-17H,5,15H2,1H3;1H/t9-,10+;/m1./s1. The highest BCUT2D eigenvalue weighted by Gasteiger charge is 2.38. The zero-order valence-electron chi connectivity index (χ0n) is 9.61. The number of aliphatic hydroxyl groups excluding tert-OH is 1. The number of rotatable bonds is 3. The number of aliphatic hydroxyl groups is 1. The first kappa shape index (κ1) is 17.0. The van der Waals surface area contributed by atoms with E-state index in [1.165, 1.54) is 12.1 Å². The first-order valence-corrected chi connectivity index (χ1v) is 5.01. The molecule has 18 heavy (non-hydrogen) atoms. The number of hydrogen-bond donors (Lipinski definition) is 3. The molecule has 0 aliphatic rings. The van der Waals surface area contributed by atoms with E-state index in [1.807, 2.05) is 0 Å². The molecule has 0 saturated carbocycles. The number of phenols is 1. The molecule has 7 heteroatoms. The van der Waals surface area contributed by atoms with Gasteiger partial charge in [-0.2, -0.15) is 13.2 Å². The number of aryl methyl sites for hydroxylation is 1. The number of aromatic hydroxyl groups is 1. The van der Waals surface area contributed by atoms with Crippen molar-refractivity contribution in [3.8, 4) is 5.75 Å². The Morgan fingerprint density at radius 1 is 1.33 bits per heavy atom. The Morgan fingerprint density at radius 2 is 1.89 bits per heavy atom. The molecule has 0 aliphatic carbocycles. The van der Waals surface area contributed by atoms with Crippen molar-refractivity contribution in [2.45, 2.75) is 31.7 Å². The summed E-state index contributed by atoms with van der Waals surface area (Å²) in [6.45, 7) is 1.71. The average molecular weight is 286 g/mol. The molecule has 0 amide bonds. The Kier molecular flexibility index (Phi) is 5.92. The summed E-state index contributed by atoms with van der Waals surface area (Å²) < 4.78 is 36.6. The largest absolute Gasteiger partial charge is 0.508 e. The minimum absolute atomic E-state index is 0. The minimum atomic E-state index is -4.56. The van der Waals surface area contributed by atoms with Gasteiger partial charge in [0.2, 0.25) is 0 Å². The fourth-order valence-corrected chi connectivity index (χ4v) is 1.44. The van der Waals surface area contributed by atoms with E-state index in [4.69, 9.17) is 5.73 Å². The van der Waals surface area contributed by atoms with Crippen LogP contribution in [0.1, 0.15) is 23.7 Å². The normalized spacial score (nSPS) is 14.8. The van der Waals surface area contributed by atoms with Gasteiger partial charge in [0, 0.05) is 12.0 Å². The van der Waals surface area contributed by atoms with Crippen LogP contribution in [0, 0.1) is 6.92 Å². The summed E-state index contributed by atoms with van der Waals surface area (Å²) in [5, 5.41) is 19.1. The van der Waals surface area contributed by atoms with Crippen LogP contribution in [0.2, 0.25) is 0 Å². The van der Waals surface area contributed by atoms with Crippen molar-refractivity contribution in [2.24, 2.45) is 5.73 Å². The van der Waals surface area contributed by atoms with Crippen LogP contribution in [0.3, 0.4) is 0 Å². The third-order valence-electron chi connectivity index (χ3n) is 2.44. The molecule has 3 nitrogen and oxygen atoms in total. The van der Waals surface area contributed by atoms with Gasteiger partial charge in [0.25, 0.3) is 0 Å². The summed E-state index contributed by atoms with van der Waals surface area (Å²) in [4.78, 5) is 0. The van der Waals surface area contributed by atoms with E-state index in [0.29, 0.717) is 0 Å². The van der Waals surface area contributed by atoms with Crippen molar-refractivity contribution in [1.29, 1.82) is 0 Å². The maximum absolute atomic E-state index is 12.2. The molecule has 0 bridgehead atoms. The van der Waals surface area contributed by atoms with Gasteiger partial charge in [-0.1, -0.05) is 11.6 Å². The Morgan fingerprint density at radius 3 is 2.39 bits per heavy atom. The Labute approximate surface area is 109 Å². The average Bonchev–Trinajstić information content (AvgIpc) is 2.20. The maximum Gasteiger partial charge on any atom is 0.403 e. The SMILES string of the molecule is Cc1ccc(O)c([C@H](O)C[C@H](N)C(F)(F)F)c1.Cl. The predicted molar refractivity (Wildman–Crippen MR) is 63.7 cm³/mol. The maximum atomic E-state index is 12.2. The second-order valence-corrected chi connectivity index (χ2v) is 3.96. The molecular weight excluding hydrogens is 271 g/mol. The molecule has 2 atom stereocenters. The van der Waals surface area contributed by atoms with Crippen molar-refractivity contribution >= 4 is 12.4 Å². The van der Waals surface area contributed by atoms with Crippen molar-refractivity contribution in [3.05, 3.63) is 29.3 Å². The number of hydrogen-bond acceptors (Lipinski definition) is 3. The molecule has 0 aliphatic heterocycles. The van der Waals surface area contributed by atoms with Crippen LogP contribution in [-0.4, -0.2) is 22.4 Å². The summed E-state index contributed by atoms with van der Waals surface area (Å²) in [7, 11) is 0. The Hall–Kier alpha value is -0.980. The third kappa shape index (κ3) is 4.36. The van der Waals surface area contributed by atoms with Gasteiger partial charge in [0.05, 0.1) is 6.10 Å². The fourth-order valence-electron chi connectivity index (χ4n) is 1.44. The molecule has 0 saturated heterocycles. The van der Waals surface area contributed by atoms with Crippen LogP contribution in [-0.2, 0) is 0 Å². The lowest BCUT2D eigenvalue weighted by Crippen LogP contribution is -2.38. The Balaban J connectivity index is 0.00000289. The molecule has 0 aromatic heterocycles. The third-order valence-corrected chi connectivity index (χ3v) is 2.44. The van der Waals surface area contributed by atoms with Crippen LogP contribution >= 0.6 is 12.4 Å². The summed E-state index contributed by atoms with van der Waals surface area (Å²) in [5.74, 6) is -0.238. The lowest BCUT2D eigenvalue weighted by Gasteiger charge is -2.20. The molecule has 104 valence electrons. The van der Waals surface area contributed by atoms with E-state index in [0.717, 1.165) is 5.56 Å². The molecule has 4 N–H and O–H groups in total. The van der Waals surface area contributed by atoms with E-state index >= 15 is 0 Å². The van der Waals surface area contributed by atoms with Gasteiger partial charge in [0.1, 0.15) is 11.8 Å². The topological polar surface area (TPSA) is 66.5 Å². The molecule has 1 aromatic rings. The van der Waals surface area contributed by atoms with E-state index < -0.39 is 24.7 Å². The highest BCUT2D eigenvalue weighted by molar-refractivity contribution is 5.85. The minimum Gasteiger partial charge on any atom is -0.508 e. The van der Waals surface area contributed by atoms with Crippen molar-refractivity contribution in [3.63, 3.8) is 0 Å². The number of halogens is 4. The number of benzene rings is 1. The monoisotopic (exact) mass is 285 g/mol. The van der Waals surface area contributed by atoms with E-state index in [2.05, 4.69) is 0 Å². The predicted octanol–water partition coefficient (Wildman–Crippen LogP) is 2.44. The van der Waals surface area contributed by atoms with Crippen LogP contribution in [0.15, 0.2) is 18.2 Å². The summed E-state index contributed by atoms with van der Waals surface area (Å²) in [6, 6.07) is 2.24. The first-order valence-electron chi connectivity index (χ1n) is 5.01. The van der Waals surface area contributed by atoms with Gasteiger partial charge < -0.3 is 15.9 Å². The Bertz CT molecular complexity index is 398. The van der Waals surface area contributed by atoms with Gasteiger partial charge >= 0.3 is 6.18 Å². The van der Waals surface area contributed by atoms with Crippen molar-refractivity contribution in [1.82, 2.24) is 0 Å². The second-order valence-electron chi connectivity index (χ2n) is 3.96. The van der Waals surface area contributed by atoms with Crippen LogP contribution in [0.4, 0.5) is 13.2 Å². The summed E-state index contributed by atoms with van der Waals surface area (Å²) in [6.07, 6.45) is -6.67. The van der Waals surface area contributed by atoms with Gasteiger partial charge in [-0.3, -0.25) is 0 Å². The van der Waals surface area contributed by atoms with Crippen LogP contribution in [0.25, 0.3) is 0 Å². The lowest BCUT2D eigenvalue weighted by atomic mass is 9.99. The van der Waals surface area contributed by atoms with Gasteiger partial charge in [-0.05, 0) is 19.1 Å². The molecule has 1 aromatic carbocycles. The molecule has 1 rings (SSSR count). The number of phenolic OH excluding ortho intramolecular Hbond substituents is 1. The quantitative estimate of drug-likeness (QED) is 0.799. The molecule has 0 heterocycles. The van der Waals surface area contributed by atoms with Crippen molar-refractivity contribution in [2.75, 3.05) is 0 Å². The summed E-state index contributed by atoms with van der Waals surface area (Å²) in [5.41, 5.74) is 5.70. The highest BCUT2D eigenvalue weighted by atomic mass is 35.5. The summed E-state index contributed by atoms with van der Waals surface area (Å²) >= 11 is 0. The van der Waals surface area contributed by atoms with Crippen LogP contribution in [0.5, 0.6) is 5.75 Å².